The Kier molecular flexibility index (Phi) is 6.64. The molecule has 2 aromatic heterocycles. The van der Waals surface area contributed by atoms with E-state index in [1.54, 1.807) is 36.4 Å². The number of hydrogen-bond acceptors (Lipinski definition) is 7. The number of ether oxygens (including phenoxy) is 2. The zero-order chi connectivity index (χ0) is 28.8. The van der Waals surface area contributed by atoms with E-state index in [0.29, 0.717) is 30.5 Å². The van der Waals surface area contributed by atoms with Crippen LogP contribution in [0.5, 0.6) is 5.88 Å². The quantitative estimate of drug-likeness (QED) is 0.310. The molecule has 42 heavy (non-hydrogen) atoms. The van der Waals surface area contributed by atoms with Gasteiger partial charge < -0.3 is 19.1 Å². The Morgan fingerprint density at radius 2 is 2.10 bits per heavy atom. The Balaban J connectivity index is 1.04. The lowest BCUT2D eigenvalue weighted by molar-refractivity contribution is -0.0592. The highest BCUT2D eigenvalue weighted by atomic mass is 19.1. The summed E-state index contributed by atoms with van der Waals surface area (Å²) in [5, 5.41) is 18.5. The standard InChI is InChI=1S/C32H30FN5O4/c33-25-12-20(15-34)4-5-22(25)19-42-30-3-1-2-28(36-30)32-9-10-37(16-23(32)14-32)18-29-35-26-7-6-21(31(39)40)13-27(26)38(29)17-24-8-11-41-24/h1-7,12-13,23-24H,8-11,14,16-19H2,(H,39,40)/t23?,24-,32?/m0/s1. The van der Waals surface area contributed by atoms with Crippen molar-refractivity contribution in [1.29, 1.82) is 5.26 Å². The maximum absolute atomic E-state index is 14.3. The highest BCUT2D eigenvalue weighted by Gasteiger charge is 2.58. The summed E-state index contributed by atoms with van der Waals surface area (Å²) in [5.74, 6) is 0.452. The van der Waals surface area contributed by atoms with E-state index < -0.39 is 11.8 Å². The minimum Gasteiger partial charge on any atom is -0.478 e. The van der Waals surface area contributed by atoms with Gasteiger partial charge in [-0.1, -0.05) is 12.1 Å². The van der Waals surface area contributed by atoms with Crippen molar-refractivity contribution >= 4 is 17.0 Å². The first-order valence-corrected chi connectivity index (χ1v) is 14.3. The maximum Gasteiger partial charge on any atom is 0.335 e. The van der Waals surface area contributed by atoms with E-state index in [1.165, 1.54) is 6.07 Å². The molecule has 10 heteroatoms. The molecule has 1 N–H and O–H groups in total. The number of aromatic carboxylic acids is 1. The van der Waals surface area contributed by atoms with Crippen LogP contribution in [0.25, 0.3) is 11.0 Å². The number of fused-ring (bicyclic) bond motifs is 2. The van der Waals surface area contributed by atoms with Crippen LogP contribution in [0.2, 0.25) is 0 Å². The smallest absolute Gasteiger partial charge is 0.335 e. The topological polar surface area (TPSA) is 114 Å². The van der Waals surface area contributed by atoms with Crippen LogP contribution < -0.4 is 4.74 Å². The normalized spacial score (nSPS) is 23.1. The van der Waals surface area contributed by atoms with Crippen molar-refractivity contribution in [2.45, 2.75) is 50.5 Å². The molecular weight excluding hydrogens is 537 g/mol. The van der Waals surface area contributed by atoms with Crippen LogP contribution in [0, 0.1) is 23.1 Å². The van der Waals surface area contributed by atoms with Gasteiger partial charge in [0, 0.05) is 30.2 Å². The number of carbonyl (C=O) groups is 1. The summed E-state index contributed by atoms with van der Waals surface area (Å²) >= 11 is 0. The molecule has 3 fully saturated rings. The van der Waals surface area contributed by atoms with E-state index in [2.05, 4.69) is 15.5 Å². The highest BCUT2D eigenvalue weighted by Crippen LogP contribution is 2.59. The van der Waals surface area contributed by atoms with Crippen LogP contribution in [0.4, 0.5) is 4.39 Å². The van der Waals surface area contributed by atoms with Gasteiger partial charge in [-0.05, 0) is 68.1 Å². The number of likely N-dealkylation sites (tertiary alicyclic amines) is 1. The van der Waals surface area contributed by atoms with Gasteiger partial charge in [0.15, 0.2) is 0 Å². The molecule has 7 rings (SSSR count). The molecule has 2 aromatic carbocycles. The first-order chi connectivity index (χ1) is 20.4. The Morgan fingerprint density at radius 1 is 1.21 bits per heavy atom. The van der Waals surface area contributed by atoms with Crippen LogP contribution in [0.15, 0.2) is 54.6 Å². The predicted octanol–water partition coefficient (Wildman–Crippen LogP) is 4.67. The second kappa shape index (κ2) is 10.5. The maximum atomic E-state index is 14.3. The van der Waals surface area contributed by atoms with Gasteiger partial charge >= 0.3 is 5.97 Å². The van der Waals surface area contributed by atoms with Gasteiger partial charge in [0.05, 0.1) is 53.1 Å². The summed E-state index contributed by atoms with van der Waals surface area (Å²) < 4.78 is 28.0. The molecule has 214 valence electrons. The van der Waals surface area contributed by atoms with E-state index in [9.17, 15) is 14.3 Å². The molecule has 4 heterocycles. The number of hydrogen-bond donors (Lipinski definition) is 1. The fourth-order valence-electron chi connectivity index (χ4n) is 6.39. The number of carboxylic acid groups (broad SMARTS) is 1. The number of nitriles is 1. The van der Waals surface area contributed by atoms with Gasteiger partial charge in [0.2, 0.25) is 5.88 Å². The van der Waals surface area contributed by atoms with Crippen LogP contribution >= 0.6 is 0 Å². The molecule has 2 unspecified atom stereocenters. The van der Waals surface area contributed by atoms with Crippen LogP contribution in [0.3, 0.4) is 0 Å². The number of pyridine rings is 1. The van der Waals surface area contributed by atoms with Gasteiger partial charge in [-0.15, -0.1) is 0 Å². The summed E-state index contributed by atoms with van der Waals surface area (Å²) in [6, 6.07) is 17.2. The van der Waals surface area contributed by atoms with Crippen LogP contribution in [-0.4, -0.2) is 56.3 Å². The number of rotatable bonds is 9. The molecule has 2 saturated heterocycles. The summed E-state index contributed by atoms with van der Waals surface area (Å²) in [6.45, 7) is 3.97. The molecule has 3 atom stereocenters. The molecule has 0 spiro atoms. The third-order valence-corrected chi connectivity index (χ3v) is 8.99. The van der Waals surface area contributed by atoms with E-state index >= 15 is 0 Å². The number of carboxylic acids is 1. The Bertz CT molecular complexity index is 1730. The van der Waals surface area contributed by atoms with E-state index in [1.807, 2.05) is 12.1 Å². The minimum atomic E-state index is -0.948. The van der Waals surface area contributed by atoms with Crippen LogP contribution in [0.1, 0.15) is 52.3 Å². The van der Waals surface area contributed by atoms with Crippen molar-refractivity contribution in [3.8, 4) is 11.9 Å². The molecular formula is C32H30FN5O4. The molecule has 0 amide bonds. The summed E-state index contributed by atoms with van der Waals surface area (Å²) in [7, 11) is 0. The van der Waals surface area contributed by atoms with Gasteiger partial charge in [-0.3, -0.25) is 4.90 Å². The van der Waals surface area contributed by atoms with Gasteiger partial charge in [-0.2, -0.15) is 5.26 Å². The lowest BCUT2D eigenvalue weighted by Crippen LogP contribution is -2.37. The van der Waals surface area contributed by atoms with Crippen molar-refractivity contribution < 1.29 is 23.8 Å². The van der Waals surface area contributed by atoms with Gasteiger partial charge in [0.1, 0.15) is 18.2 Å². The van der Waals surface area contributed by atoms with Crippen molar-refractivity contribution in [2.24, 2.45) is 5.92 Å². The number of nitrogens with zero attached hydrogens (tertiary/aromatic N) is 5. The number of imidazole rings is 1. The summed E-state index contributed by atoms with van der Waals surface area (Å²) in [6.07, 6.45) is 3.14. The van der Waals surface area contributed by atoms with E-state index in [4.69, 9.17) is 24.7 Å². The van der Waals surface area contributed by atoms with Crippen molar-refractivity contribution in [3.05, 3.63) is 88.6 Å². The molecule has 2 aliphatic heterocycles. The number of aromatic nitrogens is 3. The average Bonchev–Trinajstić information content (AvgIpc) is 3.62. The first-order valence-electron chi connectivity index (χ1n) is 14.3. The Morgan fingerprint density at radius 3 is 2.83 bits per heavy atom. The second-order valence-corrected chi connectivity index (χ2v) is 11.5. The third-order valence-electron chi connectivity index (χ3n) is 8.99. The number of piperidine rings is 1. The molecule has 1 saturated carbocycles. The molecule has 4 aromatic rings. The number of halogens is 1. The van der Waals surface area contributed by atoms with Crippen LogP contribution in [-0.2, 0) is 29.8 Å². The fourth-order valence-corrected chi connectivity index (χ4v) is 6.39. The zero-order valence-corrected chi connectivity index (χ0v) is 23.0. The van der Waals surface area contributed by atoms with Gasteiger partial charge in [-0.25, -0.2) is 19.2 Å². The van der Waals surface area contributed by atoms with E-state index in [-0.39, 0.29) is 29.3 Å². The van der Waals surface area contributed by atoms with Crippen molar-refractivity contribution in [3.63, 3.8) is 0 Å². The minimum absolute atomic E-state index is 0.0197. The van der Waals surface area contributed by atoms with Crippen molar-refractivity contribution in [1.82, 2.24) is 19.4 Å². The lowest BCUT2D eigenvalue weighted by Gasteiger charge is -2.32. The van der Waals surface area contributed by atoms with E-state index in [0.717, 1.165) is 61.5 Å². The Hall–Kier alpha value is -4.33. The largest absolute Gasteiger partial charge is 0.478 e. The summed E-state index contributed by atoms with van der Waals surface area (Å²) in [4.78, 5) is 23.8. The molecule has 0 bridgehead atoms. The monoisotopic (exact) mass is 567 g/mol. The first kappa shape index (κ1) is 26.6. The predicted molar refractivity (Wildman–Crippen MR) is 150 cm³/mol. The fraction of sp³-hybridized carbons (Fsp3) is 0.375. The third kappa shape index (κ3) is 4.89. The highest BCUT2D eigenvalue weighted by molar-refractivity contribution is 5.92. The second-order valence-electron chi connectivity index (χ2n) is 11.5. The molecule has 3 aliphatic rings. The zero-order valence-electron chi connectivity index (χ0n) is 23.0. The number of benzene rings is 2. The van der Waals surface area contributed by atoms with Gasteiger partial charge in [0.25, 0.3) is 0 Å². The Labute approximate surface area is 242 Å². The lowest BCUT2D eigenvalue weighted by atomic mass is 9.91. The van der Waals surface area contributed by atoms with Crippen molar-refractivity contribution in [2.75, 3.05) is 19.7 Å². The summed E-state index contributed by atoms with van der Waals surface area (Å²) in [5.41, 5.74) is 3.58. The average molecular weight is 568 g/mol. The molecule has 9 nitrogen and oxygen atoms in total. The molecule has 1 aliphatic carbocycles. The molecule has 0 radical (unpaired) electrons. The SMILES string of the molecule is N#Cc1ccc(COc2cccc(C34CCN(Cc5nc6ccc(C(=O)O)cc6n5C[C@@H]5CCO5)CC3C4)n2)c(F)c1.